The zero-order valence-corrected chi connectivity index (χ0v) is 15.3. The van der Waals surface area contributed by atoms with Crippen LogP contribution in [0, 0.1) is 12.7 Å². The van der Waals surface area contributed by atoms with Crippen LogP contribution in [0.1, 0.15) is 17.1 Å². The van der Waals surface area contributed by atoms with Crippen molar-refractivity contribution < 1.29 is 17.5 Å². The normalized spacial score (nSPS) is 15.2. The van der Waals surface area contributed by atoms with Crippen LogP contribution in [0.2, 0.25) is 0 Å². The van der Waals surface area contributed by atoms with Crippen molar-refractivity contribution in [3.63, 3.8) is 0 Å². The number of nitrogens with one attached hydrogen (secondary N) is 1. The van der Waals surface area contributed by atoms with E-state index in [1.165, 1.54) is 18.2 Å². The molecule has 0 saturated carbocycles. The van der Waals surface area contributed by atoms with Crippen molar-refractivity contribution in [3.05, 3.63) is 53.2 Å². The fraction of sp³-hybridized carbons (Fsp3) is 0.412. The van der Waals surface area contributed by atoms with Gasteiger partial charge in [-0.2, -0.15) is 0 Å². The Hall–Kier alpha value is -2.10. The summed E-state index contributed by atoms with van der Waals surface area (Å²) in [6.07, 6.45) is 0. The summed E-state index contributed by atoms with van der Waals surface area (Å²) in [6.45, 7) is 4.58. The highest BCUT2D eigenvalue weighted by molar-refractivity contribution is 7.88. The summed E-state index contributed by atoms with van der Waals surface area (Å²) in [7, 11) is -3.63. The van der Waals surface area contributed by atoms with Gasteiger partial charge in [-0.15, -0.1) is 0 Å². The standard InChI is InChI=1S/C17H21FN4O3S/c1-13-9-17(22-5-7-25-8-6-22)21-16(20-13)11-19-26(23,24)12-14-3-2-4-15(18)10-14/h2-4,9-10,19H,5-8,11-12H2,1H3. The molecule has 0 aliphatic carbocycles. The van der Waals surface area contributed by atoms with Crippen molar-refractivity contribution in [2.75, 3.05) is 31.2 Å². The fourth-order valence-corrected chi connectivity index (χ4v) is 3.79. The Morgan fingerprint density at radius 2 is 2.00 bits per heavy atom. The monoisotopic (exact) mass is 380 g/mol. The average Bonchev–Trinajstić information content (AvgIpc) is 2.60. The highest BCUT2D eigenvalue weighted by atomic mass is 32.2. The smallest absolute Gasteiger partial charge is 0.216 e. The molecule has 0 bridgehead atoms. The Bertz CT molecular complexity index is 870. The highest BCUT2D eigenvalue weighted by Gasteiger charge is 2.16. The number of rotatable bonds is 6. The summed E-state index contributed by atoms with van der Waals surface area (Å²) in [6, 6.07) is 7.41. The highest BCUT2D eigenvalue weighted by Crippen LogP contribution is 2.14. The molecule has 1 saturated heterocycles. The van der Waals surface area contributed by atoms with E-state index in [2.05, 4.69) is 19.6 Å². The number of aromatic nitrogens is 2. The van der Waals surface area contributed by atoms with Gasteiger partial charge in [0.05, 0.1) is 25.5 Å². The van der Waals surface area contributed by atoms with Gasteiger partial charge in [0.15, 0.2) is 0 Å². The van der Waals surface area contributed by atoms with Crippen LogP contribution in [0.5, 0.6) is 0 Å². The third-order valence-electron chi connectivity index (χ3n) is 3.92. The average molecular weight is 380 g/mol. The van der Waals surface area contributed by atoms with E-state index < -0.39 is 15.8 Å². The number of benzene rings is 1. The van der Waals surface area contributed by atoms with E-state index in [1.54, 1.807) is 6.07 Å². The van der Waals surface area contributed by atoms with Gasteiger partial charge < -0.3 is 9.64 Å². The van der Waals surface area contributed by atoms with E-state index in [4.69, 9.17) is 4.74 Å². The molecule has 3 rings (SSSR count). The number of sulfonamides is 1. The maximum absolute atomic E-state index is 13.2. The van der Waals surface area contributed by atoms with Crippen LogP contribution < -0.4 is 9.62 Å². The molecule has 1 aromatic carbocycles. The number of nitrogens with zero attached hydrogens (tertiary/aromatic N) is 3. The molecule has 0 spiro atoms. The van der Waals surface area contributed by atoms with Gasteiger partial charge in [-0.1, -0.05) is 12.1 Å². The van der Waals surface area contributed by atoms with Crippen LogP contribution in [0.25, 0.3) is 0 Å². The van der Waals surface area contributed by atoms with Gasteiger partial charge in [0, 0.05) is 24.8 Å². The lowest BCUT2D eigenvalue weighted by Gasteiger charge is -2.28. The third-order valence-corrected chi connectivity index (χ3v) is 5.22. The third kappa shape index (κ3) is 5.20. The van der Waals surface area contributed by atoms with E-state index >= 15 is 0 Å². The van der Waals surface area contributed by atoms with Crippen molar-refractivity contribution in [2.45, 2.75) is 19.2 Å². The van der Waals surface area contributed by atoms with Crippen molar-refractivity contribution in [3.8, 4) is 0 Å². The molecule has 7 nitrogen and oxygen atoms in total. The fourth-order valence-electron chi connectivity index (χ4n) is 2.72. The largest absolute Gasteiger partial charge is 0.378 e. The summed E-state index contributed by atoms with van der Waals surface area (Å²) in [4.78, 5) is 10.8. The second kappa shape index (κ2) is 8.07. The lowest BCUT2D eigenvalue weighted by Crippen LogP contribution is -2.37. The molecule has 1 N–H and O–H groups in total. The van der Waals surface area contributed by atoms with Crippen molar-refractivity contribution in [1.29, 1.82) is 0 Å². The van der Waals surface area contributed by atoms with Crippen molar-refractivity contribution in [2.24, 2.45) is 0 Å². The lowest BCUT2D eigenvalue weighted by molar-refractivity contribution is 0.122. The topological polar surface area (TPSA) is 84.4 Å². The molecule has 2 aromatic rings. The van der Waals surface area contributed by atoms with Gasteiger partial charge in [0.2, 0.25) is 10.0 Å². The maximum atomic E-state index is 13.2. The van der Waals surface area contributed by atoms with Gasteiger partial charge >= 0.3 is 0 Å². The minimum Gasteiger partial charge on any atom is -0.378 e. The van der Waals surface area contributed by atoms with Crippen molar-refractivity contribution in [1.82, 2.24) is 14.7 Å². The first kappa shape index (κ1) is 18.7. The van der Waals surface area contributed by atoms with Crippen molar-refractivity contribution >= 4 is 15.8 Å². The van der Waals surface area contributed by atoms with E-state index in [9.17, 15) is 12.8 Å². The minimum absolute atomic E-state index is 0.0172. The molecule has 1 aromatic heterocycles. The number of hydrogen-bond acceptors (Lipinski definition) is 6. The maximum Gasteiger partial charge on any atom is 0.216 e. The Balaban J connectivity index is 1.67. The molecule has 1 fully saturated rings. The molecule has 1 aliphatic rings. The number of anilines is 1. The van der Waals surface area contributed by atoms with Crippen LogP contribution in [0.4, 0.5) is 10.2 Å². The molecule has 2 heterocycles. The molecule has 140 valence electrons. The van der Waals surface area contributed by atoms with Gasteiger partial charge in [-0.3, -0.25) is 0 Å². The predicted octanol–water partition coefficient (Wildman–Crippen LogP) is 1.38. The summed E-state index contributed by atoms with van der Waals surface area (Å²) in [5, 5.41) is 0. The van der Waals surface area contributed by atoms with Crippen LogP contribution in [0.15, 0.2) is 30.3 Å². The summed E-state index contributed by atoms with van der Waals surface area (Å²) < 4.78 is 45.5. The van der Waals surface area contributed by atoms with Gasteiger partial charge in [-0.25, -0.2) is 27.5 Å². The summed E-state index contributed by atoms with van der Waals surface area (Å²) in [5.41, 5.74) is 1.15. The van der Waals surface area contributed by atoms with Gasteiger partial charge in [0.25, 0.3) is 0 Å². The zero-order chi connectivity index (χ0) is 18.6. The van der Waals surface area contributed by atoms with E-state index in [1.807, 2.05) is 13.0 Å². The molecule has 0 unspecified atom stereocenters. The van der Waals surface area contributed by atoms with Crippen LogP contribution in [-0.2, 0) is 27.1 Å². The molecule has 0 radical (unpaired) electrons. The lowest BCUT2D eigenvalue weighted by atomic mass is 10.2. The number of aryl methyl sites for hydroxylation is 1. The Labute approximate surface area is 152 Å². The second-order valence-electron chi connectivity index (χ2n) is 6.09. The SMILES string of the molecule is Cc1cc(N2CCOCC2)nc(CNS(=O)(=O)Cc2cccc(F)c2)n1. The Morgan fingerprint density at radius 1 is 1.23 bits per heavy atom. The van der Waals surface area contributed by atoms with Gasteiger partial charge in [0.1, 0.15) is 17.5 Å². The first-order chi connectivity index (χ1) is 12.4. The van der Waals surface area contributed by atoms with E-state index in [0.29, 0.717) is 24.6 Å². The molecule has 0 amide bonds. The minimum atomic E-state index is -3.63. The Morgan fingerprint density at radius 3 is 2.73 bits per heavy atom. The molecular formula is C17H21FN4O3S. The molecule has 0 atom stereocenters. The molecular weight excluding hydrogens is 359 g/mol. The zero-order valence-electron chi connectivity index (χ0n) is 14.5. The first-order valence-corrected chi connectivity index (χ1v) is 9.95. The number of ether oxygens (including phenoxy) is 1. The number of morpholine rings is 1. The second-order valence-corrected chi connectivity index (χ2v) is 7.90. The van der Waals surface area contributed by atoms with E-state index in [-0.39, 0.29) is 12.3 Å². The number of halogens is 1. The number of hydrogen-bond donors (Lipinski definition) is 1. The van der Waals surface area contributed by atoms with Gasteiger partial charge in [-0.05, 0) is 24.6 Å². The molecule has 9 heteroatoms. The van der Waals surface area contributed by atoms with Crippen LogP contribution >= 0.6 is 0 Å². The molecule has 1 aliphatic heterocycles. The van der Waals surface area contributed by atoms with E-state index in [0.717, 1.165) is 24.6 Å². The Kier molecular flexibility index (Phi) is 5.80. The summed E-state index contributed by atoms with van der Waals surface area (Å²) >= 11 is 0. The summed E-state index contributed by atoms with van der Waals surface area (Å²) in [5.74, 6) is 0.400. The molecule has 26 heavy (non-hydrogen) atoms. The van der Waals surface area contributed by atoms with Crippen LogP contribution in [-0.4, -0.2) is 44.7 Å². The van der Waals surface area contributed by atoms with Crippen LogP contribution in [0.3, 0.4) is 0 Å². The quantitative estimate of drug-likeness (QED) is 0.815. The predicted molar refractivity (Wildman–Crippen MR) is 95.7 cm³/mol. The first-order valence-electron chi connectivity index (χ1n) is 8.30.